The normalized spacial score (nSPS) is 24.5. The Morgan fingerprint density at radius 3 is 3.00 bits per heavy atom. The average Bonchev–Trinajstić information content (AvgIpc) is 2.37. The quantitative estimate of drug-likeness (QED) is 0.648. The van der Waals surface area contributed by atoms with Gasteiger partial charge in [0.2, 0.25) is 0 Å². The van der Waals surface area contributed by atoms with Gasteiger partial charge in [-0.3, -0.25) is 4.79 Å². The summed E-state index contributed by atoms with van der Waals surface area (Å²) in [6.45, 7) is 0.228. The van der Waals surface area contributed by atoms with Gasteiger partial charge >= 0.3 is 0 Å². The summed E-state index contributed by atoms with van der Waals surface area (Å²) < 4.78 is 0. The van der Waals surface area contributed by atoms with Gasteiger partial charge in [0.1, 0.15) is 5.78 Å². The predicted molar refractivity (Wildman–Crippen MR) is 46.8 cm³/mol. The van der Waals surface area contributed by atoms with E-state index in [0.717, 1.165) is 30.8 Å². The van der Waals surface area contributed by atoms with Crippen LogP contribution in [0, 0.1) is 5.92 Å². The number of thioether (sulfide) groups is 1. The lowest BCUT2D eigenvalue weighted by Gasteiger charge is -2.05. The highest BCUT2D eigenvalue weighted by atomic mass is 32.2. The van der Waals surface area contributed by atoms with Crippen molar-refractivity contribution in [1.82, 2.24) is 0 Å². The summed E-state index contributed by atoms with van der Waals surface area (Å²) in [7, 11) is 0. The smallest absolute Gasteiger partial charge is 0.136 e. The predicted octanol–water partition coefficient (Wildman–Crippen LogP) is 1.08. The second kappa shape index (κ2) is 4.78. The Bertz CT molecular complexity index is 136. The number of Topliss-reactive ketones (excluding diaryl/α,β-unsaturated/α-hetero) is 1. The molecule has 1 fully saturated rings. The molecule has 1 atom stereocenters. The van der Waals surface area contributed by atoms with Gasteiger partial charge in [0, 0.05) is 23.8 Å². The third kappa shape index (κ3) is 2.83. The molecule has 1 N–H and O–H groups in total. The number of hydrogen-bond donors (Lipinski definition) is 1. The van der Waals surface area contributed by atoms with Gasteiger partial charge in [0.15, 0.2) is 0 Å². The molecule has 0 aromatic carbocycles. The zero-order chi connectivity index (χ0) is 8.10. The van der Waals surface area contributed by atoms with Gasteiger partial charge in [-0.2, -0.15) is 11.8 Å². The molecule has 0 aromatic rings. The van der Waals surface area contributed by atoms with E-state index in [4.69, 9.17) is 5.11 Å². The van der Waals surface area contributed by atoms with E-state index in [0.29, 0.717) is 11.7 Å². The van der Waals surface area contributed by atoms with Crippen LogP contribution in [-0.4, -0.2) is 29.0 Å². The van der Waals surface area contributed by atoms with Crippen LogP contribution in [0.25, 0.3) is 0 Å². The van der Waals surface area contributed by atoms with E-state index in [1.54, 1.807) is 11.8 Å². The summed E-state index contributed by atoms with van der Waals surface area (Å²) in [4.78, 5) is 11.1. The van der Waals surface area contributed by atoms with Gasteiger partial charge in [-0.15, -0.1) is 0 Å². The molecule has 2 nitrogen and oxygen atoms in total. The van der Waals surface area contributed by atoms with Crippen molar-refractivity contribution in [3.63, 3.8) is 0 Å². The Hall–Kier alpha value is -0.0200. The summed E-state index contributed by atoms with van der Waals surface area (Å²) >= 11 is 1.68. The fourth-order valence-corrected chi connectivity index (χ4v) is 2.29. The number of carbonyl (C=O) groups excluding carboxylic acids is 1. The number of aliphatic hydroxyl groups is 1. The first-order valence-electron chi connectivity index (χ1n) is 4.06. The average molecular weight is 174 g/mol. The highest BCUT2D eigenvalue weighted by Crippen LogP contribution is 2.24. The maximum Gasteiger partial charge on any atom is 0.136 e. The molecule has 64 valence electrons. The number of ketones is 1. The molecule has 1 saturated carbocycles. The van der Waals surface area contributed by atoms with Crippen LogP contribution in [0.1, 0.15) is 19.3 Å². The summed E-state index contributed by atoms with van der Waals surface area (Å²) in [6.07, 6.45) is 2.92. The van der Waals surface area contributed by atoms with E-state index < -0.39 is 0 Å². The minimum absolute atomic E-state index is 0.228. The first-order chi connectivity index (χ1) is 5.34. The lowest BCUT2D eigenvalue weighted by Crippen LogP contribution is -2.09. The molecule has 1 aliphatic carbocycles. The Balaban J connectivity index is 2.10. The SMILES string of the molecule is O=C1CCCC1CSCCO. The van der Waals surface area contributed by atoms with Crippen molar-refractivity contribution in [2.24, 2.45) is 5.92 Å². The molecule has 0 spiro atoms. The second-order valence-electron chi connectivity index (χ2n) is 2.85. The molecule has 1 aliphatic rings. The van der Waals surface area contributed by atoms with Crippen molar-refractivity contribution in [1.29, 1.82) is 0 Å². The second-order valence-corrected chi connectivity index (χ2v) is 4.00. The number of aliphatic hydroxyl groups excluding tert-OH is 1. The van der Waals surface area contributed by atoms with E-state index in [2.05, 4.69) is 0 Å². The van der Waals surface area contributed by atoms with Crippen LogP contribution < -0.4 is 0 Å². The van der Waals surface area contributed by atoms with E-state index in [9.17, 15) is 4.79 Å². The molecule has 0 saturated heterocycles. The lowest BCUT2D eigenvalue weighted by molar-refractivity contribution is -0.120. The minimum atomic E-state index is 0.228. The topological polar surface area (TPSA) is 37.3 Å². The van der Waals surface area contributed by atoms with Crippen molar-refractivity contribution < 1.29 is 9.90 Å². The fourth-order valence-electron chi connectivity index (χ4n) is 1.35. The molecule has 3 heteroatoms. The molecule has 0 aromatic heterocycles. The van der Waals surface area contributed by atoms with E-state index in [1.807, 2.05) is 0 Å². The molecule has 0 amide bonds. The molecule has 1 unspecified atom stereocenters. The van der Waals surface area contributed by atoms with Crippen molar-refractivity contribution in [2.45, 2.75) is 19.3 Å². The number of rotatable bonds is 4. The van der Waals surface area contributed by atoms with Crippen LogP contribution in [0.3, 0.4) is 0 Å². The molecule has 0 aliphatic heterocycles. The van der Waals surface area contributed by atoms with Crippen LogP contribution in [-0.2, 0) is 4.79 Å². The Morgan fingerprint density at radius 1 is 1.64 bits per heavy atom. The maximum atomic E-state index is 11.1. The van der Waals surface area contributed by atoms with Gasteiger partial charge in [-0.05, 0) is 12.8 Å². The Kier molecular flexibility index (Phi) is 3.94. The van der Waals surface area contributed by atoms with Crippen LogP contribution in [0.2, 0.25) is 0 Å². The first-order valence-corrected chi connectivity index (χ1v) is 5.21. The Labute approximate surface area is 71.4 Å². The van der Waals surface area contributed by atoms with Crippen LogP contribution in [0.5, 0.6) is 0 Å². The van der Waals surface area contributed by atoms with Gasteiger partial charge in [0.25, 0.3) is 0 Å². The van der Waals surface area contributed by atoms with Gasteiger partial charge in [-0.25, -0.2) is 0 Å². The van der Waals surface area contributed by atoms with Gasteiger partial charge < -0.3 is 5.11 Å². The zero-order valence-corrected chi connectivity index (χ0v) is 7.40. The highest BCUT2D eigenvalue weighted by Gasteiger charge is 2.23. The summed E-state index contributed by atoms with van der Waals surface area (Å²) in [5.41, 5.74) is 0. The third-order valence-corrected chi connectivity index (χ3v) is 3.10. The standard InChI is InChI=1S/C8H14O2S/c9-4-5-11-6-7-2-1-3-8(7)10/h7,9H,1-6H2. The number of carbonyl (C=O) groups is 1. The van der Waals surface area contributed by atoms with Crippen LogP contribution in [0.15, 0.2) is 0 Å². The van der Waals surface area contributed by atoms with E-state index in [-0.39, 0.29) is 6.61 Å². The van der Waals surface area contributed by atoms with Crippen molar-refractivity contribution in [3.05, 3.63) is 0 Å². The lowest BCUT2D eigenvalue weighted by atomic mass is 10.1. The number of hydrogen-bond acceptors (Lipinski definition) is 3. The monoisotopic (exact) mass is 174 g/mol. The summed E-state index contributed by atoms with van der Waals surface area (Å²) in [6, 6.07) is 0. The van der Waals surface area contributed by atoms with E-state index >= 15 is 0 Å². The molecule has 11 heavy (non-hydrogen) atoms. The van der Waals surface area contributed by atoms with Crippen LogP contribution in [0.4, 0.5) is 0 Å². The minimum Gasteiger partial charge on any atom is -0.396 e. The maximum absolute atomic E-state index is 11.1. The van der Waals surface area contributed by atoms with Crippen molar-refractivity contribution in [2.75, 3.05) is 18.1 Å². The summed E-state index contributed by atoms with van der Waals surface area (Å²) in [5, 5.41) is 8.50. The van der Waals surface area contributed by atoms with Gasteiger partial charge in [0.05, 0.1) is 6.61 Å². The highest BCUT2D eigenvalue weighted by molar-refractivity contribution is 7.99. The molecule has 1 rings (SSSR count). The molecular formula is C8H14O2S. The van der Waals surface area contributed by atoms with Crippen molar-refractivity contribution in [3.8, 4) is 0 Å². The Morgan fingerprint density at radius 2 is 2.45 bits per heavy atom. The zero-order valence-electron chi connectivity index (χ0n) is 6.58. The molecule has 0 radical (unpaired) electrons. The van der Waals surface area contributed by atoms with Crippen molar-refractivity contribution >= 4 is 17.5 Å². The van der Waals surface area contributed by atoms with Gasteiger partial charge in [-0.1, -0.05) is 0 Å². The third-order valence-electron chi connectivity index (χ3n) is 1.99. The summed E-state index contributed by atoms with van der Waals surface area (Å²) in [5.74, 6) is 2.41. The van der Waals surface area contributed by atoms with Crippen LogP contribution >= 0.6 is 11.8 Å². The first kappa shape index (κ1) is 9.07. The fraction of sp³-hybridized carbons (Fsp3) is 0.875. The molecular weight excluding hydrogens is 160 g/mol. The molecule has 0 heterocycles. The van der Waals surface area contributed by atoms with E-state index in [1.165, 1.54) is 0 Å². The molecule has 0 bridgehead atoms. The largest absolute Gasteiger partial charge is 0.396 e.